The zero-order valence-electron chi connectivity index (χ0n) is 13.0. The molecule has 1 N–H and O–H groups in total. The van der Waals surface area contributed by atoms with Crippen LogP contribution >= 0.6 is 15.9 Å². The molecular weight excluding hydrogens is 385 g/mol. The van der Waals surface area contributed by atoms with E-state index in [-0.39, 0.29) is 17.5 Å². The molecule has 3 aromatic carbocycles. The number of fused-ring (bicyclic) bond motifs is 2. The van der Waals surface area contributed by atoms with E-state index in [4.69, 9.17) is 4.74 Å². The maximum absolute atomic E-state index is 13.5. The topological polar surface area (TPSA) is 38.3 Å². The minimum absolute atomic E-state index is 0.251. The number of hydrogen-bond donors (Lipinski definition) is 1. The maximum atomic E-state index is 13.5. The van der Waals surface area contributed by atoms with Gasteiger partial charge in [-0.1, -0.05) is 36.4 Å². The van der Waals surface area contributed by atoms with Crippen LogP contribution < -0.4 is 10.1 Å². The first-order valence-corrected chi connectivity index (χ1v) is 8.54. The van der Waals surface area contributed by atoms with Crippen LogP contribution in [0, 0.1) is 5.82 Å². The Kier molecular flexibility index (Phi) is 4.01. The van der Waals surface area contributed by atoms with Crippen molar-refractivity contribution in [1.82, 2.24) is 5.32 Å². The number of hydrogen-bond acceptors (Lipinski definition) is 2. The fourth-order valence-electron chi connectivity index (χ4n) is 2.95. The number of benzene rings is 3. The summed E-state index contributed by atoms with van der Waals surface area (Å²) in [5, 5.41) is 3.00. The van der Waals surface area contributed by atoms with Gasteiger partial charge in [0.05, 0.1) is 11.6 Å². The van der Waals surface area contributed by atoms with Crippen molar-refractivity contribution in [3.63, 3.8) is 0 Å². The fraction of sp³-hybridized carbons (Fsp3) is 0.0500. The van der Waals surface area contributed by atoms with Crippen molar-refractivity contribution in [2.45, 2.75) is 6.04 Å². The third-order valence-electron chi connectivity index (χ3n) is 4.13. The van der Waals surface area contributed by atoms with Gasteiger partial charge >= 0.3 is 0 Å². The first-order chi connectivity index (χ1) is 12.1. The number of rotatable bonds is 2. The van der Waals surface area contributed by atoms with E-state index in [0.717, 1.165) is 11.1 Å². The summed E-state index contributed by atoms with van der Waals surface area (Å²) in [5.41, 5.74) is 1.98. The lowest BCUT2D eigenvalue weighted by Crippen LogP contribution is -2.31. The highest BCUT2D eigenvalue weighted by atomic mass is 79.9. The maximum Gasteiger partial charge on any atom is 0.253 e. The molecule has 0 aliphatic carbocycles. The zero-order chi connectivity index (χ0) is 17.4. The van der Waals surface area contributed by atoms with Gasteiger partial charge in [-0.05, 0) is 46.3 Å². The average molecular weight is 398 g/mol. The van der Waals surface area contributed by atoms with Gasteiger partial charge in [-0.25, -0.2) is 4.39 Å². The van der Waals surface area contributed by atoms with Gasteiger partial charge < -0.3 is 10.1 Å². The standard InChI is InChI=1S/C20H13BrFNO2/c21-16-10-9-12(22)11-15(16)20(24)23-19-13-5-1-3-7-17(13)25-18-8-4-2-6-14(18)19/h1-11,19H,(H,23,24). The van der Waals surface area contributed by atoms with Gasteiger partial charge in [0.2, 0.25) is 0 Å². The molecule has 0 bridgehead atoms. The largest absolute Gasteiger partial charge is 0.457 e. The quantitative estimate of drug-likeness (QED) is 0.644. The van der Waals surface area contributed by atoms with Crippen molar-refractivity contribution in [3.05, 3.63) is 93.7 Å². The Morgan fingerprint density at radius 2 is 1.56 bits per heavy atom. The third-order valence-corrected chi connectivity index (χ3v) is 4.82. The van der Waals surface area contributed by atoms with Gasteiger partial charge in [0.25, 0.3) is 5.91 Å². The highest BCUT2D eigenvalue weighted by molar-refractivity contribution is 9.10. The average Bonchev–Trinajstić information content (AvgIpc) is 2.63. The molecule has 0 saturated carbocycles. The Labute approximate surface area is 152 Å². The molecule has 0 atom stereocenters. The molecule has 0 unspecified atom stereocenters. The van der Waals surface area contributed by atoms with Crippen LogP contribution in [0.15, 0.2) is 71.2 Å². The highest BCUT2D eigenvalue weighted by Crippen LogP contribution is 2.42. The van der Waals surface area contributed by atoms with E-state index < -0.39 is 5.82 Å². The van der Waals surface area contributed by atoms with Crippen LogP contribution in [0.5, 0.6) is 11.5 Å². The molecule has 0 aromatic heterocycles. The Balaban J connectivity index is 1.75. The molecule has 3 aromatic rings. The minimum Gasteiger partial charge on any atom is -0.457 e. The van der Waals surface area contributed by atoms with E-state index in [9.17, 15) is 9.18 Å². The lowest BCUT2D eigenvalue weighted by molar-refractivity contribution is 0.0940. The molecule has 0 fully saturated rings. The number of nitrogens with one attached hydrogen (secondary N) is 1. The zero-order valence-corrected chi connectivity index (χ0v) is 14.6. The van der Waals surface area contributed by atoms with Crippen molar-refractivity contribution >= 4 is 21.8 Å². The van der Waals surface area contributed by atoms with E-state index in [2.05, 4.69) is 21.2 Å². The number of carbonyl (C=O) groups excluding carboxylic acids is 1. The minimum atomic E-state index is -0.457. The first kappa shape index (κ1) is 15.8. The van der Waals surface area contributed by atoms with Gasteiger partial charge in [0, 0.05) is 15.6 Å². The van der Waals surface area contributed by atoms with Crippen LogP contribution in [0.1, 0.15) is 27.5 Å². The van der Waals surface area contributed by atoms with Crippen molar-refractivity contribution in [2.75, 3.05) is 0 Å². The molecule has 1 amide bonds. The summed E-state index contributed by atoms with van der Waals surface area (Å²) in [4.78, 5) is 12.8. The first-order valence-electron chi connectivity index (χ1n) is 7.75. The molecule has 4 rings (SSSR count). The van der Waals surface area contributed by atoms with Crippen LogP contribution in [0.3, 0.4) is 0 Å². The molecule has 1 aliphatic heterocycles. The molecule has 25 heavy (non-hydrogen) atoms. The van der Waals surface area contributed by atoms with E-state index in [1.165, 1.54) is 18.2 Å². The normalized spacial score (nSPS) is 12.7. The SMILES string of the molecule is O=C(NC1c2ccccc2Oc2ccccc21)c1cc(F)ccc1Br. The second-order valence-corrected chi connectivity index (χ2v) is 6.56. The van der Waals surface area contributed by atoms with E-state index in [1.54, 1.807) is 0 Å². The molecule has 0 spiro atoms. The Hall–Kier alpha value is -2.66. The van der Waals surface area contributed by atoms with Gasteiger partial charge in [-0.3, -0.25) is 4.79 Å². The second-order valence-electron chi connectivity index (χ2n) is 5.71. The lowest BCUT2D eigenvalue weighted by Gasteiger charge is -2.29. The summed E-state index contributed by atoms with van der Waals surface area (Å²) in [5.74, 6) is 0.582. The van der Waals surface area contributed by atoms with Crippen LogP contribution in [0.2, 0.25) is 0 Å². The van der Waals surface area contributed by atoms with Crippen molar-refractivity contribution in [2.24, 2.45) is 0 Å². The number of carbonyl (C=O) groups is 1. The van der Waals surface area contributed by atoms with Crippen molar-refractivity contribution in [1.29, 1.82) is 0 Å². The summed E-state index contributed by atoms with van der Waals surface area (Å²) in [6, 6.07) is 18.8. The molecule has 1 heterocycles. The predicted octanol–water partition coefficient (Wildman–Crippen LogP) is 5.21. The Bertz CT molecular complexity index is 928. The molecule has 1 aliphatic rings. The monoisotopic (exact) mass is 397 g/mol. The smallest absolute Gasteiger partial charge is 0.253 e. The summed E-state index contributed by atoms with van der Waals surface area (Å²) < 4.78 is 20.0. The molecule has 5 heteroatoms. The lowest BCUT2D eigenvalue weighted by atomic mass is 9.94. The van der Waals surface area contributed by atoms with Crippen LogP contribution in [0.25, 0.3) is 0 Å². The van der Waals surface area contributed by atoms with Crippen LogP contribution in [-0.4, -0.2) is 5.91 Å². The Morgan fingerprint density at radius 3 is 2.20 bits per heavy atom. The van der Waals surface area contributed by atoms with Gasteiger partial charge in [0.1, 0.15) is 17.3 Å². The van der Waals surface area contributed by atoms with Gasteiger partial charge in [-0.15, -0.1) is 0 Å². The number of halogens is 2. The summed E-state index contributed by atoms with van der Waals surface area (Å²) >= 11 is 3.31. The van der Waals surface area contributed by atoms with Crippen LogP contribution in [0.4, 0.5) is 4.39 Å². The summed E-state index contributed by atoms with van der Waals surface area (Å²) in [7, 11) is 0. The molecule has 3 nitrogen and oxygen atoms in total. The summed E-state index contributed by atoms with van der Waals surface area (Å²) in [6.45, 7) is 0. The number of amides is 1. The molecule has 0 radical (unpaired) electrons. The molecule has 0 saturated heterocycles. The van der Waals surface area contributed by atoms with E-state index in [0.29, 0.717) is 16.0 Å². The highest BCUT2D eigenvalue weighted by Gasteiger charge is 2.28. The van der Waals surface area contributed by atoms with E-state index >= 15 is 0 Å². The van der Waals surface area contributed by atoms with E-state index in [1.807, 2.05) is 48.5 Å². The van der Waals surface area contributed by atoms with Crippen molar-refractivity contribution < 1.29 is 13.9 Å². The summed E-state index contributed by atoms with van der Waals surface area (Å²) in [6.07, 6.45) is 0. The molecule has 124 valence electrons. The second kappa shape index (κ2) is 6.33. The molecular formula is C20H13BrFNO2. The van der Waals surface area contributed by atoms with Crippen LogP contribution in [-0.2, 0) is 0 Å². The third kappa shape index (κ3) is 2.91. The van der Waals surface area contributed by atoms with Crippen molar-refractivity contribution in [3.8, 4) is 11.5 Å². The fourth-order valence-corrected chi connectivity index (χ4v) is 3.37. The Morgan fingerprint density at radius 1 is 0.960 bits per heavy atom. The van der Waals surface area contributed by atoms with Gasteiger partial charge in [0.15, 0.2) is 0 Å². The number of ether oxygens (including phenoxy) is 1. The van der Waals surface area contributed by atoms with Gasteiger partial charge in [-0.2, -0.15) is 0 Å². The number of para-hydroxylation sites is 2. The predicted molar refractivity (Wildman–Crippen MR) is 96.4 cm³/mol.